The van der Waals surface area contributed by atoms with E-state index >= 15 is 0 Å². The molecule has 2 aromatic carbocycles. The van der Waals surface area contributed by atoms with Gasteiger partial charge in [-0.1, -0.05) is 24.3 Å². The lowest BCUT2D eigenvalue weighted by molar-refractivity contribution is -0.121. The van der Waals surface area contributed by atoms with E-state index < -0.39 is 0 Å². The molecule has 0 spiro atoms. The average Bonchev–Trinajstić information content (AvgIpc) is 3.25. The molecule has 2 amide bonds. The molecule has 1 fully saturated rings. The second-order valence-corrected chi connectivity index (χ2v) is 7.80. The largest absolute Gasteiger partial charge is 0.497 e. The summed E-state index contributed by atoms with van der Waals surface area (Å²) < 4.78 is 5.29. The molecule has 1 aromatic heterocycles. The Hall–Kier alpha value is -3.61. The van der Waals surface area contributed by atoms with Crippen LogP contribution in [0.5, 0.6) is 5.75 Å². The lowest BCUT2D eigenvalue weighted by atomic mass is 9.96. The van der Waals surface area contributed by atoms with Gasteiger partial charge in [-0.2, -0.15) is 5.10 Å². The third-order valence-electron chi connectivity index (χ3n) is 5.70. The Morgan fingerprint density at radius 2 is 1.97 bits per heavy atom. The number of methoxy groups -OCH3 is 1. The minimum absolute atomic E-state index is 0.0597. The van der Waals surface area contributed by atoms with Crippen LogP contribution in [0.1, 0.15) is 28.9 Å². The molecule has 2 N–H and O–H groups in total. The topological polar surface area (TPSA) is 87.3 Å². The highest BCUT2D eigenvalue weighted by Crippen LogP contribution is 2.26. The number of ether oxygens (including phenoxy) is 1. The molecule has 7 nitrogen and oxygen atoms in total. The van der Waals surface area contributed by atoms with E-state index in [0.29, 0.717) is 18.7 Å². The van der Waals surface area contributed by atoms with Gasteiger partial charge in [0.25, 0.3) is 5.91 Å². The highest BCUT2D eigenvalue weighted by molar-refractivity contribution is 5.97. The van der Waals surface area contributed by atoms with Crippen molar-refractivity contribution in [3.63, 3.8) is 0 Å². The number of hydrogen-bond acceptors (Lipinski definition) is 4. The van der Waals surface area contributed by atoms with Gasteiger partial charge in [-0.3, -0.25) is 14.7 Å². The van der Waals surface area contributed by atoms with E-state index in [1.54, 1.807) is 18.2 Å². The summed E-state index contributed by atoms with van der Waals surface area (Å²) in [7, 11) is 1.65. The predicted octanol–water partition coefficient (Wildman–Crippen LogP) is 3.88. The van der Waals surface area contributed by atoms with Gasteiger partial charge in [-0.15, -0.1) is 0 Å². The quantitative estimate of drug-likeness (QED) is 0.658. The van der Waals surface area contributed by atoms with Crippen LogP contribution in [0.2, 0.25) is 0 Å². The second-order valence-electron chi connectivity index (χ2n) is 7.80. The molecule has 0 saturated carbocycles. The number of aryl methyl sites for hydroxylation is 1. The first-order chi connectivity index (χ1) is 15.0. The molecule has 1 saturated heterocycles. The van der Waals surface area contributed by atoms with Crippen LogP contribution >= 0.6 is 0 Å². The molecule has 1 aliphatic heterocycles. The molecular weight excluding hydrogens is 392 g/mol. The number of rotatable bonds is 5. The summed E-state index contributed by atoms with van der Waals surface area (Å²) in [6.45, 7) is 2.89. The highest BCUT2D eigenvalue weighted by atomic mass is 16.5. The van der Waals surface area contributed by atoms with Gasteiger partial charge in [0.15, 0.2) is 0 Å². The molecule has 0 aliphatic carbocycles. The van der Waals surface area contributed by atoms with Gasteiger partial charge < -0.3 is 15.0 Å². The van der Waals surface area contributed by atoms with Crippen molar-refractivity contribution in [2.75, 3.05) is 25.5 Å². The zero-order chi connectivity index (χ0) is 21.8. The molecule has 160 valence electrons. The fourth-order valence-corrected chi connectivity index (χ4v) is 3.91. The number of piperidine rings is 1. The van der Waals surface area contributed by atoms with E-state index in [9.17, 15) is 9.59 Å². The number of aromatic amines is 1. The molecule has 2 heterocycles. The number of likely N-dealkylation sites (tertiary alicyclic amines) is 1. The van der Waals surface area contributed by atoms with Gasteiger partial charge in [-0.05, 0) is 55.2 Å². The van der Waals surface area contributed by atoms with Gasteiger partial charge in [0.1, 0.15) is 5.75 Å². The fourth-order valence-electron chi connectivity index (χ4n) is 3.91. The summed E-state index contributed by atoms with van der Waals surface area (Å²) in [4.78, 5) is 27.3. The summed E-state index contributed by atoms with van der Waals surface area (Å²) >= 11 is 0. The van der Waals surface area contributed by atoms with Crippen LogP contribution in [0.4, 0.5) is 5.69 Å². The van der Waals surface area contributed by atoms with Crippen LogP contribution in [0.25, 0.3) is 11.1 Å². The summed E-state index contributed by atoms with van der Waals surface area (Å²) in [5.74, 6) is 0.432. The minimum atomic E-state index is -0.233. The SMILES string of the molecule is COc1cccc(-c2ccc(NC(=O)C3CCCN(C(=O)c4cn[nH]c4C)C3)cc2)c1. The molecule has 31 heavy (non-hydrogen) atoms. The third-order valence-corrected chi connectivity index (χ3v) is 5.70. The van der Waals surface area contributed by atoms with Crippen LogP contribution in [-0.2, 0) is 4.79 Å². The number of hydrogen-bond donors (Lipinski definition) is 2. The lowest BCUT2D eigenvalue weighted by Gasteiger charge is -2.32. The van der Waals surface area contributed by atoms with Gasteiger partial charge >= 0.3 is 0 Å². The number of H-pyrrole nitrogens is 1. The maximum Gasteiger partial charge on any atom is 0.257 e. The van der Waals surface area contributed by atoms with Crippen molar-refractivity contribution in [3.05, 3.63) is 66.0 Å². The molecule has 4 rings (SSSR count). The smallest absolute Gasteiger partial charge is 0.257 e. The van der Waals surface area contributed by atoms with Crippen molar-refractivity contribution in [1.82, 2.24) is 15.1 Å². The van der Waals surface area contributed by atoms with Crippen molar-refractivity contribution in [2.24, 2.45) is 5.92 Å². The third kappa shape index (κ3) is 4.60. The van der Waals surface area contributed by atoms with E-state index in [1.807, 2.05) is 55.5 Å². The van der Waals surface area contributed by atoms with Gasteiger partial charge in [0.2, 0.25) is 5.91 Å². The van der Waals surface area contributed by atoms with Crippen LogP contribution in [0.3, 0.4) is 0 Å². The van der Waals surface area contributed by atoms with Crippen LogP contribution in [0, 0.1) is 12.8 Å². The van der Waals surface area contributed by atoms with Crippen molar-refractivity contribution in [2.45, 2.75) is 19.8 Å². The Morgan fingerprint density at radius 1 is 1.16 bits per heavy atom. The predicted molar refractivity (Wildman–Crippen MR) is 119 cm³/mol. The van der Waals surface area contributed by atoms with Gasteiger partial charge in [-0.25, -0.2) is 0 Å². The zero-order valence-corrected chi connectivity index (χ0v) is 17.7. The van der Waals surface area contributed by atoms with E-state index in [-0.39, 0.29) is 17.7 Å². The van der Waals surface area contributed by atoms with Crippen LogP contribution in [0.15, 0.2) is 54.7 Å². The summed E-state index contributed by atoms with van der Waals surface area (Å²) in [5, 5.41) is 9.72. The number of carbonyl (C=O) groups excluding carboxylic acids is 2. The number of nitrogens with one attached hydrogen (secondary N) is 2. The maximum atomic E-state index is 12.8. The normalized spacial score (nSPS) is 16.1. The number of aromatic nitrogens is 2. The summed E-state index contributed by atoms with van der Waals surface area (Å²) in [6, 6.07) is 15.6. The molecule has 0 bridgehead atoms. The summed E-state index contributed by atoms with van der Waals surface area (Å²) in [5.41, 5.74) is 4.14. The Balaban J connectivity index is 1.39. The number of anilines is 1. The first-order valence-corrected chi connectivity index (χ1v) is 10.4. The van der Waals surface area contributed by atoms with Crippen molar-refractivity contribution in [3.8, 4) is 16.9 Å². The highest BCUT2D eigenvalue weighted by Gasteiger charge is 2.30. The molecule has 0 radical (unpaired) electrons. The van der Waals surface area contributed by atoms with Crippen molar-refractivity contribution in [1.29, 1.82) is 0 Å². The van der Waals surface area contributed by atoms with Crippen LogP contribution < -0.4 is 10.1 Å². The molecule has 1 atom stereocenters. The Morgan fingerprint density at radius 3 is 2.68 bits per heavy atom. The standard InChI is InChI=1S/C24H26N4O3/c1-16-22(14-25-27-16)24(30)28-12-4-6-19(15-28)23(29)26-20-10-8-17(9-11-20)18-5-3-7-21(13-18)31-2/h3,5,7-11,13-14,19H,4,6,12,15H2,1-2H3,(H,25,27)(H,26,29). The number of nitrogens with zero attached hydrogens (tertiary/aromatic N) is 2. The van der Waals surface area contributed by atoms with E-state index in [4.69, 9.17) is 4.74 Å². The van der Waals surface area contributed by atoms with Crippen LogP contribution in [-0.4, -0.2) is 47.1 Å². The van der Waals surface area contributed by atoms with Gasteiger partial charge in [0.05, 0.1) is 24.8 Å². The number of benzene rings is 2. The first-order valence-electron chi connectivity index (χ1n) is 10.4. The minimum Gasteiger partial charge on any atom is -0.497 e. The van der Waals surface area contributed by atoms with Crippen molar-refractivity contribution < 1.29 is 14.3 Å². The Bertz CT molecular complexity index is 1070. The monoisotopic (exact) mass is 418 g/mol. The second kappa shape index (κ2) is 9.04. The molecule has 7 heteroatoms. The first kappa shape index (κ1) is 20.7. The number of carbonyl (C=O) groups is 2. The molecule has 1 aliphatic rings. The molecular formula is C24H26N4O3. The van der Waals surface area contributed by atoms with E-state index in [1.165, 1.54) is 0 Å². The molecule has 3 aromatic rings. The lowest BCUT2D eigenvalue weighted by Crippen LogP contribution is -2.43. The maximum absolute atomic E-state index is 12.8. The average molecular weight is 418 g/mol. The number of amides is 2. The zero-order valence-electron chi connectivity index (χ0n) is 17.7. The molecule has 1 unspecified atom stereocenters. The van der Waals surface area contributed by atoms with Crippen molar-refractivity contribution >= 4 is 17.5 Å². The van der Waals surface area contributed by atoms with E-state index in [2.05, 4.69) is 15.5 Å². The van der Waals surface area contributed by atoms with E-state index in [0.717, 1.165) is 41.1 Å². The fraction of sp³-hybridized carbons (Fsp3) is 0.292. The summed E-state index contributed by atoms with van der Waals surface area (Å²) in [6.07, 6.45) is 3.11. The Labute approximate surface area is 181 Å². The van der Waals surface area contributed by atoms with Gasteiger partial charge in [0, 0.05) is 24.5 Å². The Kier molecular flexibility index (Phi) is 6.02.